The molecule has 0 saturated carbocycles. The molecule has 5 nitrogen and oxygen atoms in total. The number of esters is 1. The van der Waals surface area contributed by atoms with E-state index in [2.05, 4.69) is 5.32 Å². The maximum absolute atomic E-state index is 13.5. The van der Waals surface area contributed by atoms with E-state index in [-0.39, 0.29) is 24.9 Å². The van der Waals surface area contributed by atoms with Crippen LogP contribution in [0.4, 0.5) is 9.39 Å². The van der Waals surface area contributed by atoms with Crippen LogP contribution in [0, 0.1) is 12.7 Å². The number of nitrogens with one attached hydrogen (secondary N) is 1. The van der Waals surface area contributed by atoms with E-state index in [1.165, 1.54) is 23.5 Å². The first kappa shape index (κ1) is 20.8. The van der Waals surface area contributed by atoms with Crippen LogP contribution >= 0.6 is 11.3 Å². The van der Waals surface area contributed by atoms with Crippen molar-refractivity contribution in [2.24, 2.45) is 0 Å². The van der Waals surface area contributed by atoms with Crippen molar-refractivity contribution in [1.29, 1.82) is 0 Å². The summed E-state index contributed by atoms with van der Waals surface area (Å²) in [6, 6.07) is 9.88. The highest BCUT2D eigenvalue weighted by molar-refractivity contribution is 7.24. The van der Waals surface area contributed by atoms with Crippen LogP contribution in [0.25, 0.3) is 10.1 Å². The summed E-state index contributed by atoms with van der Waals surface area (Å²) in [6.07, 6.45) is 0.290. The van der Waals surface area contributed by atoms with Gasteiger partial charge in [-0.05, 0) is 37.1 Å². The van der Waals surface area contributed by atoms with Crippen LogP contribution in [0.5, 0.6) is 5.75 Å². The highest BCUT2D eigenvalue weighted by atomic mass is 32.1. The Morgan fingerprint density at radius 3 is 2.66 bits per heavy atom. The zero-order chi connectivity index (χ0) is 21.0. The summed E-state index contributed by atoms with van der Waals surface area (Å²) in [5, 5.41) is 3.88. The molecule has 0 fully saturated rings. The molecule has 0 bridgehead atoms. The summed E-state index contributed by atoms with van der Waals surface area (Å²) in [6.45, 7) is 5.78. The van der Waals surface area contributed by atoms with E-state index in [0.717, 1.165) is 10.3 Å². The average Bonchev–Trinajstić information content (AvgIpc) is 3.05. The summed E-state index contributed by atoms with van der Waals surface area (Å²) < 4.78 is 25.4. The first-order chi connectivity index (χ1) is 13.9. The summed E-state index contributed by atoms with van der Waals surface area (Å²) >= 11 is 1.27. The van der Waals surface area contributed by atoms with Gasteiger partial charge in [0.05, 0.1) is 11.3 Å². The molecule has 0 unspecified atom stereocenters. The minimum absolute atomic E-state index is 0.182. The van der Waals surface area contributed by atoms with Crippen molar-refractivity contribution in [3.05, 3.63) is 58.9 Å². The second-order valence-corrected chi connectivity index (χ2v) is 7.46. The molecule has 3 rings (SSSR count). The number of carbonyl (C=O) groups excluding carboxylic acids is 2. The molecule has 0 saturated heterocycles. The first-order valence-electron chi connectivity index (χ1n) is 9.34. The van der Waals surface area contributed by atoms with Crippen LogP contribution in [0.15, 0.2) is 36.4 Å². The van der Waals surface area contributed by atoms with E-state index in [9.17, 15) is 14.0 Å². The molecule has 0 spiro atoms. The molecular formula is C22H22FNO4S. The molecule has 1 aromatic heterocycles. The van der Waals surface area contributed by atoms with Crippen molar-refractivity contribution in [2.45, 2.75) is 33.8 Å². The number of benzene rings is 2. The van der Waals surface area contributed by atoms with E-state index >= 15 is 0 Å². The Kier molecular flexibility index (Phi) is 6.49. The lowest BCUT2D eigenvalue weighted by atomic mass is 10.1. The fraction of sp³-hybridized carbons (Fsp3) is 0.273. The lowest BCUT2D eigenvalue weighted by Gasteiger charge is -2.11. The van der Waals surface area contributed by atoms with Crippen LogP contribution in [-0.2, 0) is 16.1 Å². The fourth-order valence-electron chi connectivity index (χ4n) is 2.91. The Labute approximate surface area is 172 Å². The van der Waals surface area contributed by atoms with Gasteiger partial charge in [0.25, 0.3) is 0 Å². The zero-order valence-corrected chi connectivity index (χ0v) is 17.3. The number of ether oxygens (including phenoxy) is 2. The molecule has 0 aliphatic rings. The largest absolute Gasteiger partial charge is 0.487 e. The predicted octanol–water partition coefficient (Wildman–Crippen LogP) is 5.45. The van der Waals surface area contributed by atoms with Crippen molar-refractivity contribution < 1.29 is 23.5 Å². The molecule has 1 N–H and O–H groups in total. The van der Waals surface area contributed by atoms with Crippen molar-refractivity contribution in [3.63, 3.8) is 0 Å². The number of halogens is 1. The average molecular weight is 415 g/mol. The van der Waals surface area contributed by atoms with Gasteiger partial charge in [-0.3, -0.25) is 4.79 Å². The van der Waals surface area contributed by atoms with Crippen molar-refractivity contribution in [2.75, 3.05) is 11.9 Å². The molecule has 29 heavy (non-hydrogen) atoms. The lowest BCUT2D eigenvalue weighted by Crippen LogP contribution is -2.12. The van der Waals surface area contributed by atoms with E-state index < -0.39 is 5.97 Å². The highest BCUT2D eigenvalue weighted by Gasteiger charge is 2.24. The van der Waals surface area contributed by atoms with Gasteiger partial charge in [-0.2, -0.15) is 0 Å². The zero-order valence-electron chi connectivity index (χ0n) is 16.5. The Balaban J connectivity index is 2.05. The standard InChI is InChI=1S/C22H22FNO4S/c1-4-17(25)24-21-18(22(26)27-5-2)16-10-9-13(3)19(20(16)29-21)28-12-14-7-6-8-15(23)11-14/h6-11H,4-5,12H2,1-3H3,(H,24,25). The third-order valence-corrected chi connectivity index (χ3v) is 5.46. The number of aryl methyl sites for hydroxylation is 1. The Morgan fingerprint density at radius 2 is 1.97 bits per heavy atom. The van der Waals surface area contributed by atoms with Crippen LogP contribution in [0.2, 0.25) is 0 Å². The van der Waals surface area contributed by atoms with Crippen molar-refractivity contribution in [1.82, 2.24) is 0 Å². The maximum atomic E-state index is 13.5. The van der Waals surface area contributed by atoms with E-state index in [0.29, 0.717) is 33.7 Å². The molecule has 0 aliphatic carbocycles. The molecule has 1 heterocycles. The molecule has 3 aromatic rings. The minimum atomic E-state index is -0.495. The number of hydrogen-bond acceptors (Lipinski definition) is 5. The number of amides is 1. The van der Waals surface area contributed by atoms with E-state index in [1.54, 1.807) is 26.0 Å². The second kappa shape index (κ2) is 9.05. The van der Waals surface area contributed by atoms with E-state index in [1.807, 2.05) is 19.1 Å². The Morgan fingerprint density at radius 1 is 1.17 bits per heavy atom. The lowest BCUT2D eigenvalue weighted by molar-refractivity contribution is -0.115. The maximum Gasteiger partial charge on any atom is 0.341 e. The fourth-order valence-corrected chi connectivity index (χ4v) is 4.16. The van der Waals surface area contributed by atoms with Gasteiger partial charge in [0, 0.05) is 11.8 Å². The second-order valence-electron chi connectivity index (χ2n) is 6.44. The van der Waals surface area contributed by atoms with Crippen molar-refractivity contribution >= 4 is 38.3 Å². The van der Waals surface area contributed by atoms with Crippen LogP contribution in [-0.4, -0.2) is 18.5 Å². The predicted molar refractivity (Wildman–Crippen MR) is 112 cm³/mol. The molecule has 0 atom stereocenters. The topological polar surface area (TPSA) is 64.6 Å². The number of carbonyl (C=O) groups is 2. The third kappa shape index (κ3) is 4.56. The molecule has 7 heteroatoms. The number of hydrogen-bond donors (Lipinski definition) is 1. The van der Waals surface area contributed by atoms with Crippen LogP contribution in [0.3, 0.4) is 0 Å². The van der Waals surface area contributed by atoms with Gasteiger partial charge in [0.2, 0.25) is 5.91 Å². The minimum Gasteiger partial charge on any atom is -0.487 e. The molecule has 0 radical (unpaired) electrons. The molecule has 1 amide bonds. The summed E-state index contributed by atoms with van der Waals surface area (Å²) in [5.74, 6) is -0.420. The van der Waals surface area contributed by atoms with Crippen LogP contribution < -0.4 is 10.1 Å². The monoisotopic (exact) mass is 415 g/mol. The molecular weight excluding hydrogens is 393 g/mol. The van der Waals surface area contributed by atoms with Gasteiger partial charge in [-0.15, -0.1) is 11.3 Å². The van der Waals surface area contributed by atoms with Gasteiger partial charge in [0.1, 0.15) is 28.7 Å². The molecule has 0 aliphatic heterocycles. The van der Waals surface area contributed by atoms with Crippen molar-refractivity contribution in [3.8, 4) is 5.75 Å². The summed E-state index contributed by atoms with van der Waals surface area (Å²) in [7, 11) is 0. The Bertz CT molecular complexity index is 1060. The van der Waals surface area contributed by atoms with Gasteiger partial charge in [-0.25, -0.2) is 9.18 Å². The number of rotatable bonds is 7. The Hall–Kier alpha value is -2.93. The number of thiophene rings is 1. The van der Waals surface area contributed by atoms with Gasteiger partial charge in [-0.1, -0.05) is 31.2 Å². The van der Waals surface area contributed by atoms with Gasteiger partial charge >= 0.3 is 5.97 Å². The molecule has 152 valence electrons. The molecule has 2 aromatic carbocycles. The first-order valence-corrected chi connectivity index (χ1v) is 10.2. The van der Waals surface area contributed by atoms with Crippen LogP contribution in [0.1, 0.15) is 41.8 Å². The van der Waals surface area contributed by atoms with E-state index in [4.69, 9.17) is 9.47 Å². The number of anilines is 1. The quantitative estimate of drug-likeness (QED) is 0.521. The smallest absolute Gasteiger partial charge is 0.341 e. The summed E-state index contributed by atoms with van der Waals surface area (Å²) in [5.41, 5.74) is 1.89. The highest BCUT2D eigenvalue weighted by Crippen LogP contribution is 2.43. The SMILES string of the molecule is CCOC(=O)c1c(NC(=O)CC)sc2c(OCc3cccc(F)c3)c(C)ccc12. The normalized spacial score (nSPS) is 10.8. The third-order valence-electron chi connectivity index (χ3n) is 4.34. The summed E-state index contributed by atoms with van der Waals surface area (Å²) in [4.78, 5) is 24.5. The van der Waals surface area contributed by atoms with Gasteiger partial charge < -0.3 is 14.8 Å². The number of fused-ring (bicyclic) bond motifs is 1. The van der Waals surface area contributed by atoms with Gasteiger partial charge in [0.15, 0.2) is 0 Å².